The second-order valence-corrected chi connectivity index (χ2v) is 7.39. The van der Waals surface area contributed by atoms with Gasteiger partial charge in [0.2, 0.25) is 11.7 Å². The Hall–Kier alpha value is -2.18. The molecule has 0 N–H and O–H groups in total. The summed E-state index contributed by atoms with van der Waals surface area (Å²) in [4.78, 5) is 19.8. The van der Waals surface area contributed by atoms with Gasteiger partial charge in [0.25, 0.3) is 5.91 Å². The summed E-state index contributed by atoms with van der Waals surface area (Å²) < 4.78 is 5.35. The molecule has 1 aromatic carbocycles. The highest BCUT2D eigenvalue weighted by molar-refractivity contribution is 7.12. The average Bonchev–Trinajstić information content (AvgIpc) is 3.34. The first-order valence-electron chi connectivity index (χ1n) is 8.51. The van der Waals surface area contributed by atoms with E-state index in [2.05, 4.69) is 24.0 Å². The van der Waals surface area contributed by atoms with E-state index >= 15 is 0 Å². The molecule has 0 saturated carbocycles. The molecule has 5 nitrogen and oxygen atoms in total. The van der Waals surface area contributed by atoms with E-state index in [0.717, 1.165) is 16.9 Å². The fraction of sp³-hybridized carbons (Fsp3) is 0.316. The number of aromatic nitrogens is 2. The van der Waals surface area contributed by atoms with Crippen molar-refractivity contribution in [3.8, 4) is 11.4 Å². The van der Waals surface area contributed by atoms with Crippen molar-refractivity contribution in [1.82, 2.24) is 15.0 Å². The summed E-state index contributed by atoms with van der Waals surface area (Å²) in [6.07, 6.45) is 1.40. The number of carbonyl (C=O) groups is 1. The Kier molecular flexibility index (Phi) is 6.06. The Morgan fingerprint density at radius 3 is 2.73 bits per heavy atom. The highest BCUT2D eigenvalue weighted by Crippen LogP contribution is 2.20. The predicted molar refractivity (Wildman–Crippen MR) is 104 cm³/mol. The maximum Gasteiger partial charge on any atom is 0.264 e. The molecule has 0 saturated heterocycles. The maximum atomic E-state index is 12.7. The monoisotopic (exact) mass is 389 g/mol. The number of carbonyl (C=O) groups excluding carboxylic acids is 1. The topological polar surface area (TPSA) is 59.2 Å². The number of hydrogen-bond donors (Lipinski definition) is 0. The quantitative estimate of drug-likeness (QED) is 0.574. The Morgan fingerprint density at radius 2 is 2.08 bits per heavy atom. The smallest absolute Gasteiger partial charge is 0.264 e. The molecule has 1 amide bonds. The van der Waals surface area contributed by atoms with Crippen LogP contribution in [0.2, 0.25) is 5.02 Å². The first-order chi connectivity index (χ1) is 12.6. The molecule has 136 valence electrons. The number of rotatable bonds is 7. The number of hydrogen-bond acceptors (Lipinski definition) is 5. The Morgan fingerprint density at radius 1 is 1.31 bits per heavy atom. The molecule has 0 bridgehead atoms. The first kappa shape index (κ1) is 18.6. The van der Waals surface area contributed by atoms with E-state index in [9.17, 15) is 4.79 Å². The molecule has 3 rings (SSSR count). The predicted octanol–water partition coefficient (Wildman–Crippen LogP) is 4.93. The molecule has 0 aliphatic rings. The summed E-state index contributed by atoms with van der Waals surface area (Å²) in [5.41, 5.74) is 0.845. The van der Waals surface area contributed by atoms with Gasteiger partial charge in [-0.05, 0) is 49.1 Å². The molecule has 0 aliphatic carbocycles. The number of benzene rings is 1. The average molecular weight is 390 g/mol. The minimum Gasteiger partial charge on any atom is -0.339 e. The van der Waals surface area contributed by atoms with Crippen LogP contribution in [0, 0.1) is 0 Å². The number of thiophene rings is 1. The summed E-state index contributed by atoms with van der Waals surface area (Å²) in [5.74, 6) is 1.09. The number of amides is 1. The van der Waals surface area contributed by atoms with Gasteiger partial charge in [0, 0.05) is 29.6 Å². The highest BCUT2D eigenvalue weighted by atomic mass is 35.5. The molecule has 7 heteroatoms. The SMILES string of the molecule is CCC(C)N(CCc1nc(-c2ccc(Cl)cc2)no1)C(=O)c1cccs1. The van der Waals surface area contributed by atoms with E-state index in [1.165, 1.54) is 11.3 Å². The van der Waals surface area contributed by atoms with Crippen molar-refractivity contribution in [3.05, 3.63) is 57.6 Å². The third-order valence-corrected chi connectivity index (χ3v) is 5.36. The molecule has 0 aliphatic heterocycles. The molecule has 1 unspecified atom stereocenters. The molecular weight excluding hydrogens is 370 g/mol. The first-order valence-corrected chi connectivity index (χ1v) is 9.77. The van der Waals surface area contributed by atoms with Crippen LogP contribution in [0.4, 0.5) is 0 Å². The van der Waals surface area contributed by atoms with E-state index < -0.39 is 0 Å². The third-order valence-electron chi connectivity index (χ3n) is 4.25. The van der Waals surface area contributed by atoms with Gasteiger partial charge in [0.15, 0.2) is 0 Å². The van der Waals surface area contributed by atoms with Crippen LogP contribution < -0.4 is 0 Å². The molecule has 0 spiro atoms. The van der Waals surface area contributed by atoms with Gasteiger partial charge in [-0.3, -0.25) is 4.79 Å². The fourth-order valence-electron chi connectivity index (χ4n) is 2.57. The zero-order valence-corrected chi connectivity index (χ0v) is 16.3. The van der Waals surface area contributed by atoms with Crippen molar-refractivity contribution in [2.24, 2.45) is 0 Å². The van der Waals surface area contributed by atoms with E-state index in [1.54, 1.807) is 12.1 Å². The van der Waals surface area contributed by atoms with Crippen LogP contribution in [0.1, 0.15) is 35.8 Å². The van der Waals surface area contributed by atoms with Crippen LogP contribution >= 0.6 is 22.9 Å². The van der Waals surface area contributed by atoms with Crippen LogP contribution in [-0.2, 0) is 6.42 Å². The fourth-order valence-corrected chi connectivity index (χ4v) is 3.38. The molecule has 26 heavy (non-hydrogen) atoms. The van der Waals surface area contributed by atoms with Gasteiger partial charge < -0.3 is 9.42 Å². The normalized spacial score (nSPS) is 12.1. The molecule has 2 aromatic heterocycles. The summed E-state index contributed by atoms with van der Waals surface area (Å²) in [5, 5.41) is 6.60. The molecule has 3 aromatic rings. The molecule has 1 atom stereocenters. The van der Waals surface area contributed by atoms with Crippen molar-refractivity contribution >= 4 is 28.8 Å². The van der Waals surface area contributed by atoms with Crippen molar-refractivity contribution in [3.63, 3.8) is 0 Å². The third kappa shape index (κ3) is 4.31. The standard InChI is InChI=1S/C19H20ClN3O2S/c1-3-13(2)23(19(24)16-5-4-12-26-16)11-10-17-21-18(22-25-17)14-6-8-15(20)9-7-14/h4-9,12-13H,3,10-11H2,1-2H3. The lowest BCUT2D eigenvalue weighted by atomic mass is 10.2. The van der Waals surface area contributed by atoms with Crippen molar-refractivity contribution in [1.29, 1.82) is 0 Å². The van der Waals surface area contributed by atoms with Gasteiger partial charge in [-0.15, -0.1) is 11.3 Å². The highest BCUT2D eigenvalue weighted by Gasteiger charge is 2.22. The molecular formula is C19H20ClN3O2S. The van der Waals surface area contributed by atoms with E-state index in [1.807, 2.05) is 34.5 Å². The Balaban J connectivity index is 1.69. The van der Waals surface area contributed by atoms with Gasteiger partial charge in [-0.25, -0.2) is 0 Å². The van der Waals surface area contributed by atoms with Crippen molar-refractivity contribution < 1.29 is 9.32 Å². The van der Waals surface area contributed by atoms with Gasteiger partial charge in [0.1, 0.15) is 0 Å². The summed E-state index contributed by atoms with van der Waals surface area (Å²) in [6.45, 7) is 4.66. The second kappa shape index (κ2) is 8.47. The largest absolute Gasteiger partial charge is 0.339 e. The van der Waals surface area contributed by atoms with Gasteiger partial charge >= 0.3 is 0 Å². The maximum absolute atomic E-state index is 12.7. The summed E-state index contributed by atoms with van der Waals surface area (Å²) in [6, 6.07) is 11.2. The van der Waals surface area contributed by atoms with Gasteiger partial charge in [-0.2, -0.15) is 4.98 Å². The minimum absolute atomic E-state index is 0.0480. The Bertz CT molecular complexity index is 846. The Labute approximate surface area is 161 Å². The van der Waals surface area contributed by atoms with Crippen LogP contribution in [-0.4, -0.2) is 33.5 Å². The lowest BCUT2D eigenvalue weighted by Crippen LogP contribution is -2.39. The summed E-state index contributed by atoms with van der Waals surface area (Å²) >= 11 is 7.36. The lowest BCUT2D eigenvalue weighted by molar-refractivity contribution is 0.0691. The zero-order chi connectivity index (χ0) is 18.5. The lowest BCUT2D eigenvalue weighted by Gasteiger charge is -2.27. The second-order valence-electron chi connectivity index (χ2n) is 6.00. The van der Waals surface area contributed by atoms with Crippen LogP contribution in [0.15, 0.2) is 46.3 Å². The molecule has 0 fully saturated rings. The summed E-state index contributed by atoms with van der Waals surface area (Å²) in [7, 11) is 0. The van der Waals surface area contributed by atoms with E-state index in [4.69, 9.17) is 16.1 Å². The van der Waals surface area contributed by atoms with Crippen LogP contribution in [0.3, 0.4) is 0 Å². The van der Waals surface area contributed by atoms with Gasteiger partial charge in [0.05, 0.1) is 4.88 Å². The number of nitrogens with zero attached hydrogens (tertiary/aromatic N) is 3. The molecule has 0 radical (unpaired) electrons. The molecule has 2 heterocycles. The number of halogens is 1. The van der Waals surface area contributed by atoms with E-state index in [-0.39, 0.29) is 11.9 Å². The van der Waals surface area contributed by atoms with Crippen LogP contribution in [0.5, 0.6) is 0 Å². The zero-order valence-electron chi connectivity index (χ0n) is 14.7. The van der Waals surface area contributed by atoms with Gasteiger partial charge in [-0.1, -0.05) is 29.7 Å². The van der Waals surface area contributed by atoms with Crippen LogP contribution in [0.25, 0.3) is 11.4 Å². The minimum atomic E-state index is 0.0480. The van der Waals surface area contributed by atoms with Crippen molar-refractivity contribution in [2.45, 2.75) is 32.7 Å². The van der Waals surface area contributed by atoms with E-state index in [0.29, 0.717) is 29.7 Å². The van der Waals surface area contributed by atoms with Crippen molar-refractivity contribution in [2.75, 3.05) is 6.54 Å².